The largest absolute Gasteiger partial charge is 0.463 e. The Bertz CT molecular complexity index is 1040. The Hall–Kier alpha value is -2.51. The van der Waals surface area contributed by atoms with Gasteiger partial charge in [-0.3, -0.25) is 4.79 Å². The highest BCUT2D eigenvalue weighted by Crippen LogP contribution is 2.27. The van der Waals surface area contributed by atoms with Crippen molar-refractivity contribution in [1.82, 2.24) is 4.98 Å². The molecule has 1 atom stereocenters. The van der Waals surface area contributed by atoms with Gasteiger partial charge in [-0.15, -0.1) is 11.3 Å². The highest BCUT2D eigenvalue weighted by molar-refractivity contribution is 7.13. The number of carbonyl (C=O) groups is 1. The molecule has 0 aliphatic heterocycles. The van der Waals surface area contributed by atoms with Crippen molar-refractivity contribution < 1.29 is 13.9 Å². The Labute approximate surface area is 154 Å². The van der Waals surface area contributed by atoms with Gasteiger partial charge in [0.05, 0.1) is 10.9 Å². The predicted molar refractivity (Wildman–Crippen MR) is 102 cm³/mol. The summed E-state index contributed by atoms with van der Waals surface area (Å²) < 4.78 is 11.0. The zero-order valence-corrected chi connectivity index (χ0v) is 15.8. The Morgan fingerprint density at radius 1 is 1.31 bits per heavy atom. The minimum atomic E-state index is -0.714. The van der Waals surface area contributed by atoms with Crippen molar-refractivity contribution in [1.29, 1.82) is 0 Å². The minimum Gasteiger partial charge on any atom is -0.463 e. The van der Waals surface area contributed by atoms with E-state index in [0.29, 0.717) is 32.9 Å². The molecule has 0 fully saturated rings. The molecule has 26 heavy (non-hydrogen) atoms. The maximum atomic E-state index is 12.9. The zero-order chi connectivity index (χ0) is 19.0. The van der Waals surface area contributed by atoms with E-state index < -0.39 is 12.0 Å². The average molecular weight is 372 g/mol. The molecule has 3 rings (SSSR count). The third-order valence-corrected chi connectivity index (χ3v) is 5.10. The maximum absolute atomic E-state index is 12.9. The summed E-state index contributed by atoms with van der Waals surface area (Å²) in [6, 6.07) is 2.46. The first kappa shape index (κ1) is 18.3. The molecule has 2 N–H and O–H groups in total. The number of nitrogens with two attached hydrogens (primary N) is 1. The molecule has 0 saturated carbocycles. The molecule has 0 unspecified atom stereocenters. The highest BCUT2D eigenvalue weighted by atomic mass is 32.1. The van der Waals surface area contributed by atoms with Gasteiger partial charge in [0.15, 0.2) is 0 Å². The van der Waals surface area contributed by atoms with E-state index in [1.165, 1.54) is 23.7 Å². The minimum absolute atomic E-state index is 0.0358. The second-order valence-electron chi connectivity index (χ2n) is 6.58. The number of fused-ring (bicyclic) bond motifs is 1. The van der Waals surface area contributed by atoms with E-state index in [1.807, 2.05) is 26.2 Å². The molecule has 0 spiro atoms. The van der Waals surface area contributed by atoms with Gasteiger partial charge < -0.3 is 14.9 Å². The number of esters is 1. The smallest absolute Gasteiger partial charge is 0.328 e. The molecular formula is C19H20N2O4S. The number of aryl methyl sites for hydroxylation is 2. The van der Waals surface area contributed by atoms with E-state index in [2.05, 4.69) is 4.98 Å². The van der Waals surface area contributed by atoms with Crippen LogP contribution >= 0.6 is 11.3 Å². The lowest BCUT2D eigenvalue weighted by atomic mass is 10.1. The van der Waals surface area contributed by atoms with Crippen LogP contribution in [-0.4, -0.2) is 17.0 Å². The van der Waals surface area contributed by atoms with E-state index in [1.54, 1.807) is 13.0 Å². The van der Waals surface area contributed by atoms with Crippen LogP contribution in [-0.2, 0) is 4.79 Å². The SMILES string of the molecule is Cc1csc(-c2coc3cc(OC(=O)[C@@H](N)C(C)C)cc(C)c3c2=O)n1. The van der Waals surface area contributed by atoms with E-state index in [9.17, 15) is 9.59 Å². The molecule has 0 saturated heterocycles. The first-order valence-corrected chi connectivity index (χ1v) is 9.12. The summed E-state index contributed by atoms with van der Waals surface area (Å²) in [5.41, 5.74) is 7.95. The summed E-state index contributed by atoms with van der Waals surface area (Å²) >= 11 is 1.39. The average Bonchev–Trinajstić information content (AvgIpc) is 3.00. The van der Waals surface area contributed by atoms with Gasteiger partial charge in [0.25, 0.3) is 0 Å². The number of nitrogens with zero attached hydrogens (tertiary/aromatic N) is 1. The van der Waals surface area contributed by atoms with Crippen LogP contribution in [0.15, 0.2) is 33.0 Å². The van der Waals surface area contributed by atoms with E-state index in [0.717, 1.165) is 5.69 Å². The van der Waals surface area contributed by atoms with Crippen molar-refractivity contribution in [2.45, 2.75) is 33.7 Å². The number of rotatable bonds is 4. The molecule has 1 aromatic carbocycles. The van der Waals surface area contributed by atoms with Crippen molar-refractivity contribution in [3.8, 4) is 16.3 Å². The molecule has 0 amide bonds. The van der Waals surface area contributed by atoms with Crippen LogP contribution in [0, 0.1) is 19.8 Å². The molecule has 0 aliphatic carbocycles. The van der Waals surface area contributed by atoms with E-state index in [-0.39, 0.29) is 11.3 Å². The van der Waals surface area contributed by atoms with E-state index >= 15 is 0 Å². The van der Waals surface area contributed by atoms with Crippen LogP contribution < -0.4 is 15.9 Å². The molecule has 7 heteroatoms. The standard InChI is InChI=1S/C19H20N2O4S/c1-9(2)16(20)19(23)25-12-5-10(3)15-14(6-12)24-7-13(17(15)22)18-21-11(4)8-26-18/h5-9,16H,20H2,1-4H3/t16-/m0/s1. The molecule has 6 nitrogen and oxygen atoms in total. The Morgan fingerprint density at radius 2 is 2.04 bits per heavy atom. The third-order valence-electron chi connectivity index (χ3n) is 4.11. The fraction of sp³-hybridized carbons (Fsp3) is 0.316. The van der Waals surface area contributed by atoms with Crippen molar-refractivity contribution in [2.75, 3.05) is 0 Å². The van der Waals surface area contributed by atoms with Crippen LogP contribution in [0.25, 0.3) is 21.5 Å². The van der Waals surface area contributed by atoms with Crippen molar-refractivity contribution in [2.24, 2.45) is 11.7 Å². The summed E-state index contributed by atoms with van der Waals surface area (Å²) in [6.07, 6.45) is 1.40. The first-order valence-electron chi connectivity index (χ1n) is 8.24. The van der Waals surface area contributed by atoms with Crippen LogP contribution in [0.1, 0.15) is 25.1 Å². The molecule has 0 bridgehead atoms. The molecule has 2 aromatic heterocycles. The van der Waals surface area contributed by atoms with Gasteiger partial charge in [-0.25, -0.2) is 9.78 Å². The summed E-state index contributed by atoms with van der Waals surface area (Å²) in [5.74, 6) is -0.251. The van der Waals surface area contributed by atoms with Gasteiger partial charge in [-0.1, -0.05) is 13.8 Å². The normalized spacial score (nSPS) is 12.5. The number of aromatic nitrogens is 1. The van der Waals surface area contributed by atoms with Crippen LogP contribution in [0.3, 0.4) is 0 Å². The monoisotopic (exact) mass is 372 g/mol. The molecule has 136 valence electrons. The van der Waals surface area contributed by atoms with Crippen LogP contribution in [0.2, 0.25) is 0 Å². The quantitative estimate of drug-likeness (QED) is 0.557. The Kier molecular flexibility index (Phi) is 4.93. The Balaban J connectivity index is 2.03. The fourth-order valence-electron chi connectivity index (χ4n) is 2.56. The van der Waals surface area contributed by atoms with Gasteiger partial charge in [0.1, 0.15) is 28.6 Å². The molecule has 3 aromatic rings. The highest BCUT2D eigenvalue weighted by Gasteiger charge is 2.21. The lowest BCUT2D eigenvalue weighted by molar-refractivity contribution is -0.136. The van der Waals surface area contributed by atoms with Crippen molar-refractivity contribution in [3.05, 3.63) is 45.3 Å². The van der Waals surface area contributed by atoms with Gasteiger partial charge in [-0.05, 0) is 31.4 Å². The number of hydrogen-bond donors (Lipinski definition) is 1. The summed E-state index contributed by atoms with van der Waals surface area (Å²) in [4.78, 5) is 29.3. The first-order chi connectivity index (χ1) is 12.3. The summed E-state index contributed by atoms with van der Waals surface area (Å²) in [7, 11) is 0. The molecule has 2 heterocycles. The van der Waals surface area contributed by atoms with Gasteiger partial charge in [-0.2, -0.15) is 0 Å². The number of thiazole rings is 1. The van der Waals surface area contributed by atoms with Crippen LogP contribution in [0.5, 0.6) is 5.75 Å². The molecular weight excluding hydrogens is 352 g/mol. The third kappa shape index (κ3) is 3.40. The van der Waals surface area contributed by atoms with Crippen molar-refractivity contribution >= 4 is 28.3 Å². The number of hydrogen-bond acceptors (Lipinski definition) is 7. The number of benzene rings is 1. The van der Waals surface area contributed by atoms with Crippen molar-refractivity contribution in [3.63, 3.8) is 0 Å². The summed E-state index contributed by atoms with van der Waals surface area (Å²) in [5, 5.41) is 2.95. The van der Waals surface area contributed by atoms with Gasteiger partial charge in [0, 0.05) is 17.1 Å². The predicted octanol–water partition coefficient (Wildman–Crippen LogP) is 3.42. The molecule has 0 radical (unpaired) electrons. The summed E-state index contributed by atoms with van der Waals surface area (Å²) in [6.45, 7) is 7.34. The lowest BCUT2D eigenvalue weighted by Crippen LogP contribution is -2.38. The lowest BCUT2D eigenvalue weighted by Gasteiger charge is -2.14. The maximum Gasteiger partial charge on any atom is 0.328 e. The number of ether oxygens (including phenoxy) is 1. The molecule has 0 aliphatic rings. The number of carbonyl (C=O) groups excluding carboxylic acids is 1. The van der Waals surface area contributed by atoms with Crippen LogP contribution in [0.4, 0.5) is 0 Å². The topological polar surface area (TPSA) is 95.4 Å². The van der Waals surface area contributed by atoms with E-state index in [4.69, 9.17) is 14.9 Å². The Morgan fingerprint density at radius 3 is 2.65 bits per heavy atom. The second-order valence-corrected chi connectivity index (χ2v) is 7.43. The van der Waals surface area contributed by atoms with Gasteiger partial charge in [0.2, 0.25) is 5.43 Å². The fourth-order valence-corrected chi connectivity index (χ4v) is 3.36. The zero-order valence-electron chi connectivity index (χ0n) is 15.0. The second kappa shape index (κ2) is 7.01. The van der Waals surface area contributed by atoms with Gasteiger partial charge >= 0.3 is 5.97 Å².